The molecule has 0 bridgehead atoms. The van der Waals surface area contributed by atoms with Crippen LogP contribution in [0.5, 0.6) is 0 Å². The third kappa shape index (κ3) is 4.08. The zero-order chi connectivity index (χ0) is 19.5. The highest BCUT2D eigenvalue weighted by Crippen LogP contribution is 2.31. The van der Waals surface area contributed by atoms with Crippen LogP contribution in [0.15, 0.2) is 24.3 Å². The minimum atomic E-state index is 0.304. The van der Waals surface area contributed by atoms with Crippen molar-refractivity contribution in [1.29, 1.82) is 0 Å². The maximum absolute atomic E-state index is 12.5. The van der Waals surface area contributed by atoms with Crippen molar-refractivity contribution >= 4 is 16.9 Å². The van der Waals surface area contributed by atoms with E-state index in [0.29, 0.717) is 24.3 Å². The van der Waals surface area contributed by atoms with Crippen LogP contribution < -0.4 is 5.32 Å². The number of amides is 1. The van der Waals surface area contributed by atoms with Crippen molar-refractivity contribution in [2.24, 2.45) is 0 Å². The molecule has 1 aromatic carbocycles. The average Bonchev–Trinajstić information content (AvgIpc) is 3.13. The molecule has 1 unspecified atom stereocenters. The Kier molecular flexibility index (Phi) is 5.97. The van der Waals surface area contributed by atoms with Crippen LogP contribution in [0.25, 0.3) is 11.0 Å². The van der Waals surface area contributed by atoms with Gasteiger partial charge < -0.3 is 19.7 Å². The van der Waals surface area contributed by atoms with Crippen LogP contribution in [0.2, 0.25) is 0 Å². The fourth-order valence-electron chi connectivity index (χ4n) is 4.69. The summed E-state index contributed by atoms with van der Waals surface area (Å²) < 4.78 is 2.41. The predicted molar refractivity (Wildman–Crippen MR) is 113 cm³/mol. The quantitative estimate of drug-likeness (QED) is 0.862. The summed E-state index contributed by atoms with van der Waals surface area (Å²) >= 11 is 0. The van der Waals surface area contributed by atoms with Crippen LogP contribution in [0, 0.1) is 0 Å². The maximum atomic E-state index is 12.5. The highest BCUT2D eigenvalue weighted by atomic mass is 16.2. The first-order valence-corrected chi connectivity index (χ1v) is 10.8. The third-order valence-corrected chi connectivity index (χ3v) is 6.12. The minimum Gasteiger partial charge on any atom is -0.340 e. The van der Waals surface area contributed by atoms with Crippen molar-refractivity contribution in [1.82, 2.24) is 24.7 Å². The fraction of sp³-hybridized carbons (Fsp3) is 0.636. The number of rotatable bonds is 5. The summed E-state index contributed by atoms with van der Waals surface area (Å²) in [5.41, 5.74) is 2.33. The Morgan fingerprint density at radius 2 is 2.00 bits per heavy atom. The van der Waals surface area contributed by atoms with Crippen molar-refractivity contribution in [3.05, 3.63) is 30.1 Å². The molecule has 1 aromatic heterocycles. The van der Waals surface area contributed by atoms with Crippen molar-refractivity contribution in [2.45, 2.75) is 45.1 Å². The minimum absolute atomic E-state index is 0.304. The number of hydrogen-bond acceptors (Lipinski definition) is 4. The Balaban J connectivity index is 1.43. The van der Waals surface area contributed by atoms with E-state index in [9.17, 15) is 4.79 Å². The molecular formula is C22H33N5O. The van der Waals surface area contributed by atoms with Crippen LogP contribution in [0.1, 0.15) is 50.9 Å². The lowest BCUT2D eigenvalue weighted by atomic mass is 9.96. The topological polar surface area (TPSA) is 53.4 Å². The number of fused-ring (bicyclic) bond motifs is 1. The highest BCUT2D eigenvalue weighted by Gasteiger charge is 2.27. The smallest absolute Gasteiger partial charge is 0.223 e. The number of nitrogens with zero attached hydrogens (tertiary/aromatic N) is 4. The van der Waals surface area contributed by atoms with Gasteiger partial charge in [0, 0.05) is 57.6 Å². The normalized spacial score (nSPS) is 21.5. The van der Waals surface area contributed by atoms with Gasteiger partial charge in [0.05, 0.1) is 11.0 Å². The van der Waals surface area contributed by atoms with Gasteiger partial charge in [-0.25, -0.2) is 4.98 Å². The molecule has 2 aliphatic heterocycles. The van der Waals surface area contributed by atoms with Gasteiger partial charge in [-0.3, -0.25) is 4.79 Å². The van der Waals surface area contributed by atoms with Gasteiger partial charge in [0.15, 0.2) is 0 Å². The zero-order valence-corrected chi connectivity index (χ0v) is 17.2. The largest absolute Gasteiger partial charge is 0.340 e. The van der Waals surface area contributed by atoms with Crippen LogP contribution in [0.3, 0.4) is 0 Å². The molecule has 0 radical (unpaired) electrons. The molecule has 1 atom stereocenters. The van der Waals surface area contributed by atoms with Gasteiger partial charge in [-0.1, -0.05) is 12.1 Å². The Labute approximate surface area is 167 Å². The maximum Gasteiger partial charge on any atom is 0.223 e. The summed E-state index contributed by atoms with van der Waals surface area (Å²) in [6.45, 7) is 11.0. The zero-order valence-electron chi connectivity index (χ0n) is 17.2. The van der Waals surface area contributed by atoms with E-state index in [4.69, 9.17) is 4.98 Å². The average molecular weight is 384 g/mol. The summed E-state index contributed by atoms with van der Waals surface area (Å²) in [5, 5.41) is 3.31. The van der Waals surface area contributed by atoms with Crippen molar-refractivity contribution < 1.29 is 4.79 Å². The van der Waals surface area contributed by atoms with Crippen LogP contribution in [-0.2, 0) is 4.79 Å². The van der Waals surface area contributed by atoms with E-state index < -0.39 is 0 Å². The molecule has 0 aliphatic carbocycles. The molecule has 28 heavy (non-hydrogen) atoms. The third-order valence-electron chi connectivity index (χ3n) is 6.12. The van der Waals surface area contributed by atoms with E-state index in [1.54, 1.807) is 0 Å². The first kappa shape index (κ1) is 19.4. The van der Waals surface area contributed by atoms with E-state index in [1.165, 1.54) is 24.2 Å². The first-order chi connectivity index (χ1) is 13.6. The highest BCUT2D eigenvalue weighted by molar-refractivity contribution is 5.77. The number of imidazole rings is 1. The van der Waals surface area contributed by atoms with Crippen molar-refractivity contribution in [3.8, 4) is 0 Å². The number of piperidine rings is 1. The van der Waals surface area contributed by atoms with Gasteiger partial charge >= 0.3 is 0 Å². The van der Waals surface area contributed by atoms with E-state index in [2.05, 4.69) is 52.9 Å². The summed E-state index contributed by atoms with van der Waals surface area (Å²) in [6.07, 6.45) is 2.99. The second kappa shape index (κ2) is 8.62. The number of aromatic nitrogens is 2. The molecule has 2 aromatic rings. The van der Waals surface area contributed by atoms with E-state index in [0.717, 1.165) is 51.3 Å². The van der Waals surface area contributed by atoms with Gasteiger partial charge in [-0.15, -0.1) is 0 Å². The number of carbonyl (C=O) groups is 1. The molecule has 2 saturated heterocycles. The van der Waals surface area contributed by atoms with Gasteiger partial charge in [0.1, 0.15) is 5.82 Å². The molecule has 6 heteroatoms. The number of hydrogen-bond donors (Lipinski definition) is 1. The summed E-state index contributed by atoms with van der Waals surface area (Å²) in [6, 6.07) is 8.86. The molecule has 4 rings (SSSR count). The molecular weight excluding hydrogens is 350 g/mol. The van der Waals surface area contributed by atoms with Gasteiger partial charge in [0.25, 0.3) is 0 Å². The second-order valence-electron chi connectivity index (χ2n) is 8.44. The van der Waals surface area contributed by atoms with E-state index >= 15 is 0 Å². The van der Waals surface area contributed by atoms with Crippen LogP contribution in [0.4, 0.5) is 0 Å². The van der Waals surface area contributed by atoms with Gasteiger partial charge in [-0.2, -0.15) is 0 Å². The molecule has 0 spiro atoms. The monoisotopic (exact) mass is 383 g/mol. The Hall–Kier alpha value is -1.92. The Morgan fingerprint density at radius 1 is 1.21 bits per heavy atom. The van der Waals surface area contributed by atoms with E-state index in [1.807, 2.05) is 4.90 Å². The number of nitrogens with one attached hydrogen (secondary N) is 1. The van der Waals surface area contributed by atoms with Crippen molar-refractivity contribution in [2.75, 3.05) is 45.8 Å². The molecule has 3 heterocycles. The lowest BCUT2D eigenvalue weighted by Crippen LogP contribution is -2.47. The molecule has 2 aliphatic rings. The molecule has 1 N–H and O–H groups in total. The second-order valence-corrected chi connectivity index (χ2v) is 8.44. The summed E-state index contributed by atoms with van der Waals surface area (Å²) in [4.78, 5) is 22.0. The molecule has 0 saturated carbocycles. The Morgan fingerprint density at radius 3 is 2.79 bits per heavy atom. The standard InChI is InChI=1S/C22H33N5O/c1-17(2)27-20-8-4-3-7-19(20)24-22(27)18-6-5-12-25(16-18)13-9-21(28)26-14-10-23-11-15-26/h3-4,7-8,17-18,23H,5-6,9-16H2,1-2H3. The van der Waals surface area contributed by atoms with Crippen molar-refractivity contribution in [3.63, 3.8) is 0 Å². The number of para-hydroxylation sites is 2. The van der Waals surface area contributed by atoms with Gasteiger partial charge in [0.2, 0.25) is 5.91 Å². The molecule has 2 fully saturated rings. The number of piperazine rings is 1. The van der Waals surface area contributed by atoms with Crippen LogP contribution in [-0.4, -0.2) is 71.1 Å². The lowest BCUT2D eigenvalue weighted by Gasteiger charge is -2.34. The van der Waals surface area contributed by atoms with E-state index in [-0.39, 0.29) is 0 Å². The van der Waals surface area contributed by atoms with Crippen LogP contribution >= 0.6 is 0 Å². The lowest BCUT2D eigenvalue weighted by molar-refractivity contribution is -0.132. The number of carbonyl (C=O) groups excluding carboxylic acids is 1. The predicted octanol–water partition coefficient (Wildman–Crippen LogP) is 2.62. The first-order valence-electron chi connectivity index (χ1n) is 10.8. The SMILES string of the molecule is CC(C)n1c(C2CCCN(CCC(=O)N3CCNCC3)C2)nc2ccccc21. The number of benzene rings is 1. The molecule has 1 amide bonds. The molecule has 6 nitrogen and oxygen atoms in total. The summed E-state index contributed by atoms with van der Waals surface area (Å²) in [5.74, 6) is 1.96. The Bertz CT molecular complexity index is 808. The number of likely N-dealkylation sites (tertiary alicyclic amines) is 1. The fourth-order valence-corrected chi connectivity index (χ4v) is 4.69. The molecule has 152 valence electrons. The van der Waals surface area contributed by atoms with Gasteiger partial charge in [-0.05, 0) is 45.4 Å². The summed E-state index contributed by atoms with van der Waals surface area (Å²) in [7, 11) is 0.